The van der Waals surface area contributed by atoms with Gasteiger partial charge in [-0.2, -0.15) is 0 Å². The number of hydrogen-bond acceptors (Lipinski definition) is 4. The molecule has 5 aliphatic rings. The molecule has 32 heavy (non-hydrogen) atoms. The van der Waals surface area contributed by atoms with Gasteiger partial charge in [0.2, 0.25) is 0 Å². The average molecular weight is 434 g/mol. The number of nitrogens with zero attached hydrogens (tertiary/aromatic N) is 2. The predicted molar refractivity (Wildman–Crippen MR) is 128 cm³/mol. The third kappa shape index (κ3) is 4.28. The van der Waals surface area contributed by atoms with E-state index in [1.54, 1.807) is 0 Å². The first-order chi connectivity index (χ1) is 15.6. The molecule has 5 heteroatoms. The van der Waals surface area contributed by atoms with Crippen LogP contribution < -0.4 is 5.32 Å². The predicted octanol–water partition coefficient (Wildman–Crippen LogP) is 4.51. The lowest BCUT2D eigenvalue weighted by atomic mass is 9.83. The van der Waals surface area contributed by atoms with Crippen molar-refractivity contribution in [1.29, 1.82) is 0 Å². The summed E-state index contributed by atoms with van der Waals surface area (Å²) in [5.41, 5.74) is 3.10. The molecule has 3 atom stereocenters. The molecular formula is C27H35N3O2. The number of benzene rings is 1. The molecule has 3 saturated heterocycles. The van der Waals surface area contributed by atoms with Gasteiger partial charge in [0.25, 0.3) is 5.91 Å². The number of piperidine rings is 1. The maximum absolute atomic E-state index is 12.7. The lowest BCUT2D eigenvalue weighted by Gasteiger charge is -2.58. The van der Waals surface area contributed by atoms with Crippen LogP contribution >= 0.6 is 0 Å². The molecule has 1 saturated carbocycles. The van der Waals surface area contributed by atoms with Gasteiger partial charge in [-0.3, -0.25) is 14.6 Å². The topological polar surface area (TPSA) is 55.8 Å². The zero-order valence-corrected chi connectivity index (χ0v) is 18.9. The Morgan fingerprint density at radius 2 is 1.91 bits per heavy atom. The Morgan fingerprint density at radius 1 is 1.19 bits per heavy atom. The summed E-state index contributed by atoms with van der Waals surface area (Å²) in [7, 11) is 0. The second-order valence-electron chi connectivity index (χ2n) is 9.84. The van der Waals surface area contributed by atoms with Crippen molar-refractivity contribution in [3.8, 4) is 0 Å². The van der Waals surface area contributed by atoms with Gasteiger partial charge in [-0.05, 0) is 55.0 Å². The highest BCUT2D eigenvalue weighted by Gasteiger charge is 2.46. The van der Waals surface area contributed by atoms with E-state index < -0.39 is 0 Å². The molecule has 0 spiro atoms. The SMILES string of the molecule is C=CCN1C2CC1CN(C(C1=CCCC(O)=C1)c1ccc(C(=O)NC3CCCC3)cc1)C2. The molecule has 1 aromatic carbocycles. The summed E-state index contributed by atoms with van der Waals surface area (Å²) < 4.78 is 0. The molecule has 6 rings (SSSR count). The molecule has 3 unspecified atom stereocenters. The molecule has 1 amide bonds. The first kappa shape index (κ1) is 21.5. The zero-order chi connectivity index (χ0) is 22.1. The lowest BCUT2D eigenvalue weighted by molar-refractivity contribution is -0.0708. The first-order valence-electron chi connectivity index (χ1n) is 12.2. The molecular weight excluding hydrogens is 398 g/mol. The highest BCUT2D eigenvalue weighted by molar-refractivity contribution is 5.94. The van der Waals surface area contributed by atoms with Crippen molar-refractivity contribution in [3.63, 3.8) is 0 Å². The lowest BCUT2D eigenvalue weighted by Crippen LogP contribution is -2.68. The molecule has 0 aromatic heterocycles. The third-order valence-corrected chi connectivity index (χ3v) is 7.69. The van der Waals surface area contributed by atoms with Crippen molar-refractivity contribution in [2.24, 2.45) is 0 Å². The Labute approximate surface area is 191 Å². The minimum Gasteiger partial charge on any atom is -0.512 e. The van der Waals surface area contributed by atoms with Crippen LogP contribution in [0.5, 0.6) is 0 Å². The highest BCUT2D eigenvalue weighted by atomic mass is 16.3. The number of carbonyl (C=O) groups excluding carboxylic acids is 1. The van der Waals surface area contributed by atoms with Crippen LogP contribution in [0.1, 0.15) is 66.9 Å². The monoisotopic (exact) mass is 433 g/mol. The van der Waals surface area contributed by atoms with E-state index in [0.717, 1.165) is 50.9 Å². The number of aliphatic hydroxyl groups excluding tert-OH is 1. The van der Waals surface area contributed by atoms with Crippen molar-refractivity contribution in [1.82, 2.24) is 15.1 Å². The van der Waals surface area contributed by atoms with E-state index in [4.69, 9.17) is 0 Å². The molecule has 2 aliphatic carbocycles. The number of aliphatic hydroxyl groups is 1. The number of nitrogens with one attached hydrogen (secondary N) is 1. The number of hydrogen-bond donors (Lipinski definition) is 2. The number of amides is 1. The molecule has 170 valence electrons. The molecule has 1 aromatic rings. The standard InChI is InChI=1S/C27H35N3O2/c1-2-14-30-23-16-24(30)18-29(17-23)26(21-6-5-9-25(31)15-21)19-10-12-20(13-11-19)27(32)28-22-7-3-4-8-22/h2,6,10-13,15,22-24,26,31H,1,3-5,7-9,14,16-18H2,(H,28,32). The van der Waals surface area contributed by atoms with Gasteiger partial charge >= 0.3 is 0 Å². The second-order valence-corrected chi connectivity index (χ2v) is 9.84. The van der Waals surface area contributed by atoms with Gasteiger partial charge in [-0.15, -0.1) is 6.58 Å². The minimum atomic E-state index is 0.0358. The fraction of sp³-hybridized carbons (Fsp3) is 0.519. The molecule has 0 radical (unpaired) electrons. The van der Waals surface area contributed by atoms with Crippen LogP contribution in [0.3, 0.4) is 0 Å². The normalized spacial score (nSPS) is 27.2. The van der Waals surface area contributed by atoms with Crippen molar-refractivity contribution in [2.45, 2.75) is 69.1 Å². The van der Waals surface area contributed by atoms with Gasteiger partial charge in [-0.25, -0.2) is 0 Å². The molecule has 3 heterocycles. The maximum atomic E-state index is 12.7. The average Bonchev–Trinajstić information content (AvgIpc) is 3.31. The van der Waals surface area contributed by atoms with Crippen LogP contribution in [-0.2, 0) is 0 Å². The summed E-state index contributed by atoms with van der Waals surface area (Å²) in [5, 5.41) is 13.4. The molecule has 2 bridgehead atoms. The Morgan fingerprint density at radius 3 is 2.56 bits per heavy atom. The summed E-state index contributed by atoms with van der Waals surface area (Å²) in [4.78, 5) is 17.8. The van der Waals surface area contributed by atoms with Gasteiger partial charge in [0, 0.05) is 49.7 Å². The molecule has 3 aliphatic heterocycles. The Kier molecular flexibility index (Phi) is 6.20. The largest absolute Gasteiger partial charge is 0.512 e. The van der Waals surface area contributed by atoms with Gasteiger partial charge in [0.05, 0.1) is 11.8 Å². The number of allylic oxidation sites excluding steroid dienone is 2. The zero-order valence-electron chi connectivity index (χ0n) is 18.9. The summed E-state index contributed by atoms with van der Waals surface area (Å²) in [6.45, 7) is 6.91. The van der Waals surface area contributed by atoms with Gasteiger partial charge in [0.15, 0.2) is 0 Å². The van der Waals surface area contributed by atoms with Gasteiger partial charge in [-0.1, -0.05) is 37.1 Å². The third-order valence-electron chi connectivity index (χ3n) is 7.69. The Balaban J connectivity index is 1.36. The van der Waals surface area contributed by atoms with Crippen LogP contribution in [0.2, 0.25) is 0 Å². The van der Waals surface area contributed by atoms with E-state index in [-0.39, 0.29) is 11.9 Å². The van der Waals surface area contributed by atoms with Gasteiger partial charge in [0.1, 0.15) is 0 Å². The maximum Gasteiger partial charge on any atom is 0.251 e. The number of carbonyl (C=O) groups is 1. The van der Waals surface area contributed by atoms with E-state index in [0.29, 0.717) is 23.9 Å². The summed E-state index contributed by atoms with van der Waals surface area (Å²) in [5.74, 6) is 0.504. The van der Waals surface area contributed by atoms with Crippen molar-refractivity contribution < 1.29 is 9.90 Å². The van der Waals surface area contributed by atoms with Crippen LogP contribution in [0, 0.1) is 0 Å². The number of fused-ring (bicyclic) bond motifs is 2. The van der Waals surface area contributed by atoms with Crippen LogP contribution in [0.15, 0.2) is 60.4 Å². The van der Waals surface area contributed by atoms with E-state index >= 15 is 0 Å². The number of rotatable bonds is 7. The van der Waals surface area contributed by atoms with E-state index in [2.05, 4.69) is 39.9 Å². The van der Waals surface area contributed by atoms with E-state index in [1.807, 2.05) is 24.3 Å². The van der Waals surface area contributed by atoms with Crippen LogP contribution in [-0.4, -0.2) is 58.6 Å². The highest BCUT2D eigenvalue weighted by Crippen LogP contribution is 2.40. The van der Waals surface area contributed by atoms with E-state index in [1.165, 1.54) is 30.4 Å². The molecule has 2 N–H and O–H groups in total. The van der Waals surface area contributed by atoms with Crippen LogP contribution in [0.4, 0.5) is 0 Å². The van der Waals surface area contributed by atoms with Crippen molar-refractivity contribution >= 4 is 5.91 Å². The summed E-state index contributed by atoms with van der Waals surface area (Å²) in [6, 6.07) is 9.74. The molecule has 4 fully saturated rings. The quantitative estimate of drug-likeness (QED) is 0.622. The fourth-order valence-corrected chi connectivity index (χ4v) is 6.05. The first-order valence-corrected chi connectivity index (χ1v) is 12.2. The summed E-state index contributed by atoms with van der Waals surface area (Å²) in [6.07, 6.45) is 13.7. The van der Waals surface area contributed by atoms with Gasteiger partial charge < -0.3 is 10.4 Å². The van der Waals surface area contributed by atoms with Crippen LogP contribution in [0.25, 0.3) is 0 Å². The van der Waals surface area contributed by atoms with E-state index in [9.17, 15) is 9.90 Å². The molecule has 5 nitrogen and oxygen atoms in total. The Hall–Kier alpha value is -2.37. The number of piperazine rings is 1. The minimum absolute atomic E-state index is 0.0358. The smallest absolute Gasteiger partial charge is 0.251 e. The fourth-order valence-electron chi connectivity index (χ4n) is 6.05. The van der Waals surface area contributed by atoms with Crippen molar-refractivity contribution in [3.05, 3.63) is 71.5 Å². The Bertz CT molecular complexity index is 901. The second kappa shape index (κ2) is 9.24. The summed E-state index contributed by atoms with van der Waals surface area (Å²) >= 11 is 0. The van der Waals surface area contributed by atoms with Crippen molar-refractivity contribution in [2.75, 3.05) is 19.6 Å².